The lowest BCUT2D eigenvalue weighted by molar-refractivity contribution is 0.138. The highest BCUT2D eigenvalue weighted by Crippen LogP contribution is 2.47. The summed E-state index contributed by atoms with van der Waals surface area (Å²) in [6.07, 6.45) is 1.54. The van der Waals surface area contributed by atoms with Crippen LogP contribution in [0.2, 0.25) is 5.04 Å². The molecule has 0 radical (unpaired) electrons. The number of rotatable bonds is 4. The number of nitrogens with one attached hydrogen (secondary N) is 1. The minimum absolute atomic E-state index is 0.0487. The van der Waals surface area contributed by atoms with Gasteiger partial charge in [-0.3, -0.25) is 0 Å². The predicted molar refractivity (Wildman–Crippen MR) is 125 cm³/mol. The molecule has 1 saturated carbocycles. The fourth-order valence-corrected chi connectivity index (χ4v) is 10.8. The molecule has 5 atom stereocenters. The first kappa shape index (κ1) is 20.8. The average Bonchev–Trinajstić information content (AvgIpc) is 3.03. The van der Waals surface area contributed by atoms with E-state index in [9.17, 15) is 0 Å². The van der Waals surface area contributed by atoms with E-state index in [0.717, 1.165) is 30.8 Å². The third-order valence-corrected chi connectivity index (χ3v) is 12.7. The first-order valence-electron chi connectivity index (χ1n) is 11.3. The van der Waals surface area contributed by atoms with Gasteiger partial charge in [0.25, 0.3) is 8.32 Å². The van der Waals surface area contributed by atoms with Crippen LogP contribution in [-0.2, 0) is 4.43 Å². The van der Waals surface area contributed by atoms with Crippen LogP contribution in [0.5, 0.6) is 0 Å². The summed E-state index contributed by atoms with van der Waals surface area (Å²) < 4.78 is 7.50. The SMILES string of the molecule is C[C@H]1[C@@H]2CNC[C@H](C)[C@H]2C[C@@H]1O[Si](c1ccccc1)(c1ccccc1)C(C)(C)C. The minimum atomic E-state index is -2.46. The summed E-state index contributed by atoms with van der Waals surface area (Å²) in [6, 6.07) is 22.2. The lowest BCUT2D eigenvalue weighted by Crippen LogP contribution is -2.68. The molecule has 2 aromatic carbocycles. The zero-order chi connectivity index (χ0) is 20.6. The van der Waals surface area contributed by atoms with Crippen molar-refractivity contribution in [1.82, 2.24) is 5.32 Å². The third kappa shape index (κ3) is 3.62. The van der Waals surface area contributed by atoms with Crippen molar-refractivity contribution in [3.05, 3.63) is 60.7 Å². The molecule has 3 heteroatoms. The van der Waals surface area contributed by atoms with E-state index in [1.54, 1.807) is 0 Å². The lowest BCUT2D eigenvalue weighted by atomic mass is 9.79. The van der Waals surface area contributed by atoms with Gasteiger partial charge in [-0.2, -0.15) is 0 Å². The molecule has 2 fully saturated rings. The number of benzene rings is 2. The van der Waals surface area contributed by atoms with E-state index in [4.69, 9.17) is 4.43 Å². The molecule has 1 aliphatic carbocycles. The lowest BCUT2D eigenvalue weighted by Gasteiger charge is -2.45. The van der Waals surface area contributed by atoms with Gasteiger partial charge in [0, 0.05) is 6.10 Å². The first-order chi connectivity index (χ1) is 13.8. The van der Waals surface area contributed by atoms with Crippen LogP contribution < -0.4 is 15.7 Å². The molecular formula is C26H37NOSi. The van der Waals surface area contributed by atoms with Crippen molar-refractivity contribution < 1.29 is 4.43 Å². The Morgan fingerprint density at radius 3 is 1.86 bits per heavy atom. The number of piperidine rings is 1. The predicted octanol–water partition coefficient (Wildman–Crippen LogP) is 4.44. The monoisotopic (exact) mass is 407 g/mol. The van der Waals surface area contributed by atoms with Crippen LogP contribution in [0.3, 0.4) is 0 Å². The molecular weight excluding hydrogens is 370 g/mol. The summed E-state index contributed by atoms with van der Waals surface area (Å²) in [7, 11) is -2.46. The molecule has 156 valence electrons. The van der Waals surface area contributed by atoms with Crippen molar-refractivity contribution in [2.24, 2.45) is 23.7 Å². The number of hydrogen-bond donors (Lipinski definition) is 1. The van der Waals surface area contributed by atoms with Crippen molar-refractivity contribution >= 4 is 18.7 Å². The van der Waals surface area contributed by atoms with Crippen LogP contribution in [0.4, 0.5) is 0 Å². The molecule has 29 heavy (non-hydrogen) atoms. The maximum atomic E-state index is 7.50. The fourth-order valence-electron chi connectivity index (χ4n) is 6.02. The zero-order valence-electron chi connectivity index (χ0n) is 18.7. The molecule has 4 rings (SSSR count). The summed E-state index contributed by atoms with van der Waals surface area (Å²) >= 11 is 0. The second-order valence-electron chi connectivity index (χ2n) is 10.4. The first-order valence-corrected chi connectivity index (χ1v) is 13.2. The van der Waals surface area contributed by atoms with Crippen LogP contribution in [0.25, 0.3) is 0 Å². The quantitative estimate of drug-likeness (QED) is 0.757. The summed E-state index contributed by atoms with van der Waals surface area (Å²) in [6.45, 7) is 14.3. The molecule has 0 aromatic heterocycles. The van der Waals surface area contributed by atoms with Gasteiger partial charge in [0.05, 0.1) is 0 Å². The molecule has 2 nitrogen and oxygen atoms in total. The highest BCUT2D eigenvalue weighted by Gasteiger charge is 2.54. The van der Waals surface area contributed by atoms with Crippen LogP contribution >= 0.6 is 0 Å². The van der Waals surface area contributed by atoms with Crippen molar-refractivity contribution in [3.63, 3.8) is 0 Å². The Labute approximate surface area is 178 Å². The summed E-state index contributed by atoms with van der Waals surface area (Å²) in [5.41, 5.74) is 0. The van der Waals surface area contributed by atoms with Crippen LogP contribution in [0.1, 0.15) is 41.0 Å². The van der Waals surface area contributed by atoms with Gasteiger partial charge >= 0.3 is 0 Å². The fraction of sp³-hybridized carbons (Fsp3) is 0.538. The van der Waals surface area contributed by atoms with Crippen molar-refractivity contribution in [1.29, 1.82) is 0 Å². The van der Waals surface area contributed by atoms with E-state index in [1.807, 2.05) is 0 Å². The van der Waals surface area contributed by atoms with Crippen molar-refractivity contribution in [2.45, 2.75) is 52.2 Å². The van der Waals surface area contributed by atoms with Gasteiger partial charge in [0.15, 0.2) is 0 Å². The summed E-state index contributed by atoms with van der Waals surface area (Å²) in [5, 5.41) is 6.51. The topological polar surface area (TPSA) is 21.3 Å². The molecule has 2 aromatic rings. The van der Waals surface area contributed by atoms with Crippen molar-refractivity contribution in [3.8, 4) is 0 Å². The van der Waals surface area contributed by atoms with Gasteiger partial charge in [-0.05, 0) is 58.6 Å². The Bertz CT molecular complexity index is 761. The van der Waals surface area contributed by atoms with Gasteiger partial charge in [-0.1, -0.05) is 95.3 Å². The standard InChI is InChI=1S/C26H37NOSi/c1-19-17-27-18-24-20(2)25(16-23(19)24)28-29(26(3,4)5,21-12-8-6-9-13-21)22-14-10-7-11-15-22/h6-15,19-20,23-25,27H,16-18H2,1-5H3/t19-,20-,23+,24-,25-/m0/s1. The molecule has 0 spiro atoms. The summed E-state index contributed by atoms with van der Waals surface area (Å²) in [4.78, 5) is 0. The Morgan fingerprint density at radius 2 is 1.38 bits per heavy atom. The average molecular weight is 408 g/mol. The smallest absolute Gasteiger partial charge is 0.261 e. The molecule has 1 saturated heterocycles. The van der Waals surface area contributed by atoms with E-state index in [-0.39, 0.29) is 5.04 Å². The second kappa shape index (κ2) is 8.01. The molecule has 1 heterocycles. The van der Waals surface area contributed by atoms with Gasteiger partial charge < -0.3 is 9.74 Å². The van der Waals surface area contributed by atoms with E-state index in [2.05, 4.69) is 101 Å². The maximum absolute atomic E-state index is 7.50. The molecule has 0 bridgehead atoms. The molecule has 2 aliphatic rings. The van der Waals surface area contributed by atoms with Gasteiger partial charge in [0.2, 0.25) is 0 Å². The Balaban J connectivity index is 1.79. The Kier molecular flexibility index (Phi) is 5.76. The summed E-state index contributed by atoms with van der Waals surface area (Å²) in [5.74, 6) is 2.86. The number of hydrogen-bond acceptors (Lipinski definition) is 2. The van der Waals surface area contributed by atoms with Crippen molar-refractivity contribution in [2.75, 3.05) is 13.1 Å². The van der Waals surface area contributed by atoms with E-state index < -0.39 is 8.32 Å². The maximum Gasteiger partial charge on any atom is 0.261 e. The highest BCUT2D eigenvalue weighted by atomic mass is 28.4. The Hall–Kier alpha value is -1.42. The van der Waals surface area contributed by atoms with E-state index >= 15 is 0 Å². The normalized spacial score (nSPS) is 30.2. The van der Waals surface area contributed by atoms with Crippen LogP contribution in [-0.4, -0.2) is 27.5 Å². The second-order valence-corrected chi connectivity index (χ2v) is 14.6. The zero-order valence-corrected chi connectivity index (χ0v) is 19.7. The number of fused-ring (bicyclic) bond motifs is 1. The van der Waals surface area contributed by atoms with E-state index in [0.29, 0.717) is 12.0 Å². The molecule has 0 unspecified atom stereocenters. The molecule has 1 aliphatic heterocycles. The van der Waals surface area contributed by atoms with Gasteiger partial charge in [-0.15, -0.1) is 0 Å². The minimum Gasteiger partial charge on any atom is -0.404 e. The van der Waals surface area contributed by atoms with E-state index in [1.165, 1.54) is 16.8 Å². The van der Waals surface area contributed by atoms with Crippen LogP contribution in [0, 0.1) is 23.7 Å². The van der Waals surface area contributed by atoms with Crippen LogP contribution in [0.15, 0.2) is 60.7 Å². The highest BCUT2D eigenvalue weighted by molar-refractivity contribution is 6.99. The van der Waals surface area contributed by atoms with Gasteiger partial charge in [0.1, 0.15) is 0 Å². The van der Waals surface area contributed by atoms with Gasteiger partial charge in [-0.25, -0.2) is 0 Å². The Morgan fingerprint density at radius 1 is 0.828 bits per heavy atom. The third-order valence-electron chi connectivity index (χ3n) is 7.64. The largest absolute Gasteiger partial charge is 0.404 e. The molecule has 0 amide bonds. The molecule has 1 N–H and O–H groups in total.